The van der Waals surface area contributed by atoms with Crippen molar-refractivity contribution in [1.82, 2.24) is 5.32 Å². The quantitative estimate of drug-likeness (QED) is 0.597. The molecule has 176 valence electrons. The van der Waals surface area contributed by atoms with E-state index >= 15 is 0 Å². The van der Waals surface area contributed by atoms with Gasteiger partial charge in [0.15, 0.2) is 5.78 Å². The summed E-state index contributed by atoms with van der Waals surface area (Å²) < 4.78 is 11.6. The molecule has 34 heavy (non-hydrogen) atoms. The molecule has 1 aliphatic heterocycles. The first-order chi connectivity index (χ1) is 16.6. The molecule has 2 aliphatic carbocycles. The summed E-state index contributed by atoms with van der Waals surface area (Å²) in [7, 11) is 1.62. The molecular formula is C29H31NO4. The Morgan fingerprint density at radius 2 is 1.68 bits per heavy atom. The summed E-state index contributed by atoms with van der Waals surface area (Å²) in [5, 5.41) is 3.44. The molecule has 2 aromatic rings. The first-order valence-corrected chi connectivity index (χ1v) is 12.2. The van der Waals surface area contributed by atoms with Crippen LogP contribution in [0.3, 0.4) is 0 Å². The maximum Gasteiger partial charge on any atom is 0.337 e. The van der Waals surface area contributed by atoms with E-state index in [1.165, 1.54) is 0 Å². The van der Waals surface area contributed by atoms with Gasteiger partial charge in [0, 0.05) is 29.0 Å². The van der Waals surface area contributed by atoms with Crippen molar-refractivity contribution in [2.75, 3.05) is 7.11 Å². The van der Waals surface area contributed by atoms with Gasteiger partial charge >= 0.3 is 5.97 Å². The monoisotopic (exact) mass is 457 g/mol. The molecule has 0 amide bonds. The molecule has 2 atom stereocenters. The summed E-state index contributed by atoms with van der Waals surface area (Å²) in [5.74, 6) is -0.00343. The minimum Gasteiger partial charge on any atom is -0.496 e. The van der Waals surface area contributed by atoms with Crippen LogP contribution in [0.5, 0.6) is 5.75 Å². The number of hydrogen-bond acceptors (Lipinski definition) is 5. The number of dihydropyridines is 1. The third-order valence-electron chi connectivity index (χ3n) is 7.34. The van der Waals surface area contributed by atoms with Gasteiger partial charge in [0.25, 0.3) is 0 Å². The van der Waals surface area contributed by atoms with Crippen LogP contribution in [0.15, 0.2) is 77.1 Å². The number of carbonyl (C=O) groups is 2. The fourth-order valence-corrected chi connectivity index (χ4v) is 5.71. The molecule has 5 rings (SSSR count). The van der Waals surface area contributed by atoms with E-state index in [1.807, 2.05) is 49.4 Å². The molecule has 1 saturated carbocycles. The summed E-state index contributed by atoms with van der Waals surface area (Å²) in [4.78, 5) is 27.2. The Morgan fingerprint density at radius 1 is 0.971 bits per heavy atom. The van der Waals surface area contributed by atoms with Crippen LogP contribution in [0, 0.1) is 0 Å². The van der Waals surface area contributed by atoms with Crippen molar-refractivity contribution in [3.63, 3.8) is 0 Å². The van der Waals surface area contributed by atoms with Crippen LogP contribution in [0.1, 0.15) is 68.4 Å². The Hall–Kier alpha value is -3.34. The summed E-state index contributed by atoms with van der Waals surface area (Å²) >= 11 is 0. The lowest BCUT2D eigenvalue weighted by Gasteiger charge is -2.37. The van der Waals surface area contributed by atoms with Gasteiger partial charge in [0.1, 0.15) is 11.9 Å². The standard InChI is InChI=1S/C29H31NO4/c1-18-26(29(32)34-21-12-6-7-13-21)27(22-14-8-9-15-25(22)33-2)28-23(30-18)16-20(17-24(28)31)19-10-4-3-5-11-19/h3-5,8-11,14-15,20-21,27,30H,6-7,12-13,16-17H2,1-2H3/t20-,27+/m1/s1. The highest BCUT2D eigenvalue weighted by molar-refractivity contribution is 6.04. The maximum atomic E-state index is 13.7. The van der Waals surface area contributed by atoms with Crippen LogP contribution in [-0.4, -0.2) is 25.0 Å². The van der Waals surface area contributed by atoms with E-state index in [2.05, 4.69) is 17.4 Å². The SMILES string of the molecule is COc1ccccc1[C@H]1C(C(=O)OC2CCCC2)=C(C)NC2=C1C(=O)C[C@H](c1ccccc1)C2. The topological polar surface area (TPSA) is 64.6 Å². The van der Waals surface area contributed by atoms with Crippen molar-refractivity contribution in [3.05, 3.63) is 88.3 Å². The van der Waals surface area contributed by atoms with Crippen molar-refractivity contribution < 1.29 is 19.1 Å². The Bertz CT molecular complexity index is 1160. The van der Waals surface area contributed by atoms with Crippen LogP contribution < -0.4 is 10.1 Å². The third-order valence-corrected chi connectivity index (χ3v) is 7.34. The van der Waals surface area contributed by atoms with Gasteiger partial charge in [-0.2, -0.15) is 0 Å². The van der Waals surface area contributed by atoms with Crippen LogP contribution >= 0.6 is 0 Å². The maximum absolute atomic E-state index is 13.7. The van der Waals surface area contributed by atoms with Crippen molar-refractivity contribution in [2.45, 2.75) is 63.4 Å². The normalized spacial score (nSPS) is 22.9. The summed E-state index contributed by atoms with van der Waals surface area (Å²) in [6.07, 6.45) is 5.05. The first kappa shape index (κ1) is 22.5. The molecule has 1 N–H and O–H groups in total. The highest BCUT2D eigenvalue weighted by atomic mass is 16.5. The average Bonchev–Trinajstić information content (AvgIpc) is 3.36. The molecule has 0 bridgehead atoms. The molecular weight excluding hydrogens is 426 g/mol. The zero-order chi connectivity index (χ0) is 23.7. The zero-order valence-corrected chi connectivity index (χ0v) is 19.8. The molecule has 5 heteroatoms. The van der Waals surface area contributed by atoms with Crippen LogP contribution in [-0.2, 0) is 14.3 Å². The molecule has 1 fully saturated rings. The lowest BCUT2D eigenvalue weighted by Crippen LogP contribution is -2.36. The van der Waals surface area contributed by atoms with Crippen molar-refractivity contribution in [1.29, 1.82) is 0 Å². The third kappa shape index (κ3) is 4.15. The summed E-state index contributed by atoms with van der Waals surface area (Å²) in [6.45, 7) is 1.91. The second kappa shape index (κ2) is 9.49. The molecule has 1 heterocycles. The molecule has 0 aromatic heterocycles. The molecule has 0 radical (unpaired) electrons. The molecule has 5 nitrogen and oxygen atoms in total. The first-order valence-electron chi connectivity index (χ1n) is 12.2. The Morgan fingerprint density at radius 3 is 2.41 bits per heavy atom. The smallest absolute Gasteiger partial charge is 0.337 e. The Kier molecular flexibility index (Phi) is 6.27. The number of nitrogens with one attached hydrogen (secondary N) is 1. The van der Waals surface area contributed by atoms with E-state index in [-0.39, 0.29) is 23.8 Å². The number of methoxy groups -OCH3 is 1. The predicted molar refractivity (Wildman–Crippen MR) is 130 cm³/mol. The van der Waals surface area contributed by atoms with E-state index in [4.69, 9.17) is 9.47 Å². The fourth-order valence-electron chi connectivity index (χ4n) is 5.71. The van der Waals surface area contributed by atoms with Crippen molar-refractivity contribution in [3.8, 4) is 5.75 Å². The van der Waals surface area contributed by atoms with Gasteiger partial charge in [0.2, 0.25) is 0 Å². The second-order valence-electron chi connectivity index (χ2n) is 9.48. The molecule has 2 aromatic carbocycles. The van der Waals surface area contributed by atoms with Gasteiger partial charge in [-0.05, 0) is 56.6 Å². The number of Topliss-reactive ketones (excluding diaryl/α,β-unsaturated/α-hetero) is 1. The molecule has 0 saturated heterocycles. The Labute approximate surface area is 200 Å². The lowest BCUT2D eigenvalue weighted by atomic mass is 9.71. The van der Waals surface area contributed by atoms with Gasteiger partial charge in [-0.25, -0.2) is 4.79 Å². The highest BCUT2D eigenvalue weighted by Gasteiger charge is 2.42. The number of rotatable bonds is 5. The van der Waals surface area contributed by atoms with Crippen LogP contribution in [0.2, 0.25) is 0 Å². The van der Waals surface area contributed by atoms with Crippen LogP contribution in [0.4, 0.5) is 0 Å². The van der Waals surface area contributed by atoms with Gasteiger partial charge < -0.3 is 14.8 Å². The number of allylic oxidation sites excluding steroid dienone is 3. The highest BCUT2D eigenvalue weighted by Crippen LogP contribution is 2.47. The van der Waals surface area contributed by atoms with Gasteiger partial charge in [0.05, 0.1) is 18.6 Å². The van der Waals surface area contributed by atoms with Crippen molar-refractivity contribution in [2.24, 2.45) is 0 Å². The average molecular weight is 458 g/mol. The van der Waals surface area contributed by atoms with E-state index in [0.717, 1.165) is 54.6 Å². The number of esters is 1. The van der Waals surface area contributed by atoms with Gasteiger partial charge in [-0.1, -0.05) is 48.5 Å². The minimum atomic E-state index is -0.509. The van der Waals surface area contributed by atoms with Crippen LogP contribution in [0.25, 0.3) is 0 Å². The van der Waals surface area contributed by atoms with E-state index < -0.39 is 5.92 Å². The zero-order valence-electron chi connectivity index (χ0n) is 19.8. The second-order valence-corrected chi connectivity index (χ2v) is 9.48. The van der Waals surface area contributed by atoms with Gasteiger partial charge in [-0.15, -0.1) is 0 Å². The number of benzene rings is 2. The van der Waals surface area contributed by atoms with E-state index in [9.17, 15) is 9.59 Å². The lowest BCUT2D eigenvalue weighted by molar-refractivity contribution is -0.144. The fraction of sp³-hybridized carbons (Fsp3) is 0.379. The molecule has 0 unspecified atom stereocenters. The molecule has 0 spiro atoms. The van der Waals surface area contributed by atoms with Crippen molar-refractivity contribution >= 4 is 11.8 Å². The predicted octanol–water partition coefficient (Wildman–Crippen LogP) is 5.54. The van der Waals surface area contributed by atoms with E-state index in [0.29, 0.717) is 23.3 Å². The molecule has 3 aliphatic rings. The van der Waals surface area contributed by atoms with E-state index in [1.54, 1.807) is 7.11 Å². The number of carbonyl (C=O) groups excluding carboxylic acids is 2. The summed E-state index contributed by atoms with van der Waals surface area (Å²) in [5.41, 5.74) is 4.81. The number of ether oxygens (including phenoxy) is 2. The Balaban J connectivity index is 1.58. The number of ketones is 1. The number of para-hydroxylation sites is 1. The number of hydrogen-bond donors (Lipinski definition) is 1. The minimum absolute atomic E-state index is 0.0500. The largest absolute Gasteiger partial charge is 0.496 e. The summed E-state index contributed by atoms with van der Waals surface area (Å²) in [6, 6.07) is 17.8. The van der Waals surface area contributed by atoms with Gasteiger partial charge in [-0.3, -0.25) is 4.79 Å².